The second kappa shape index (κ2) is 5.17. The van der Waals surface area contributed by atoms with Crippen molar-refractivity contribution in [2.45, 2.75) is 6.42 Å². The van der Waals surface area contributed by atoms with Gasteiger partial charge in [0.05, 0.1) is 19.4 Å². The minimum Gasteiger partial charge on any atom is -0.493 e. The molecule has 126 valence electrons. The Morgan fingerprint density at radius 1 is 1.08 bits per heavy atom. The Labute approximate surface area is 143 Å². The summed E-state index contributed by atoms with van der Waals surface area (Å²) in [6.45, 7) is 0.502. The second-order valence-electron chi connectivity index (χ2n) is 6.04. The van der Waals surface area contributed by atoms with Crippen molar-refractivity contribution in [2.75, 3.05) is 20.8 Å². The van der Waals surface area contributed by atoms with Gasteiger partial charge in [0.15, 0.2) is 29.8 Å². The summed E-state index contributed by atoms with van der Waals surface area (Å²) in [7, 11) is 3.31. The molecule has 0 unspecified atom stereocenters. The van der Waals surface area contributed by atoms with Crippen LogP contribution in [0, 0.1) is 0 Å². The number of allylic oxidation sites excluding steroid dienone is 5. The zero-order chi connectivity index (χ0) is 17.0. The van der Waals surface area contributed by atoms with Gasteiger partial charge in [-0.2, -0.15) is 0 Å². The van der Waals surface area contributed by atoms with Crippen LogP contribution in [-0.2, 0) is 19.2 Å². The van der Waals surface area contributed by atoms with E-state index >= 15 is 0 Å². The van der Waals surface area contributed by atoms with Crippen LogP contribution in [0.4, 0.5) is 0 Å². The molecular weight excluding hydrogens is 322 g/mol. The predicted molar refractivity (Wildman–Crippen MR) is 88.8 cm³/mol. The maximum Gasteiger partial charge on any atom is 0.164 e. The molecule has 0 bridgehead atoms. The van der Waals surface area contributed by atoms with Crippen LogP contribution in [0.3, 0.4) is 0 Å². The van der Waals surface area contributed by atoms with Gasteiger partial charge in [-0.1, -0.05) is 0 Å². The molecule has 6 heteroatoms. The first-order chi connectivity index (χ1) is 12.3. The zero-order valence-corrected chi connectivity index (χ0v) is 13.8. The third-order valence-electron chi connectivity index (χ3n) is 4.77. The van der Waals surface area contributed by atoms with E-state index in [1.807, 2.05) is 6.08 Å². The largest absolute Gasteiger partial charge is 0.493 e. The lowest BCUT2D eigenvalue weighted by Gasteiger charge is -2.26. The van der Waals surface area contributed by atoms with Gasteiger partial charge in [-0.25, -0.2) is 0 Å². The first kappa shape index (κ1) is 14.2. The average Bonchev–Trinajstić information content (AvgIpc) is 3.02. The molecule has 0 saturated carbocycles. The third-order valence-corrected chi connectivity index (χ3v) is 4.77. The molecule has 5 rings (SSSR count). The Bertz CT molecular complexity index is 1040. The fraction of sp³-hybridized carbons (Fsp3) is 0.211. The van der Waals surface area contributed by atoms with E-state index in [2.05, 4.69) is 11.1 Å². The van der Waals surface area contributed by atoms with Gasteiger partial charge in [0.2, 0.25) is 0 Å². The molecule has 1 aromatic rings. The van der Waals surface area contributed by atoms with E-state index in [4.69, 9.17) is 24.0 Å². The fourth-order valence-electron chi connectivity index (χ4n) is 3.58. The summed E-state index contributed by atoms with van der Waals surface area (Å²) >= 11 is 0. The summed E-state index contributed by atoms with van der Waals surface area (Å²) in [5.41, 5.74) is 5.30. The van der Waals surface area contributed by atoms with Crippen molar-refractivity contribution in [1.29, 1.82) is 0 Å². The number of methoxy groups -OCH3 is 2. The molecule has 0 saturated heterocycles. The highest BCUT2D eigenvalue weighted by atomic mass is 17.2. The van der Waals surface area contributed by atoms with E-state index in [0.29, 0.717) is 6.61 Å². The van der Waals surface area contributed by atoms with E-state index in [-0.39, 0.29) is 0 Å². The normalized spacial score (nSPS) is 19.4. The Morgan fingerprint density at radius 3 is 2.80 bits per heavy atom. The first-order valence-electron chi connectivity index (χ1n) is 7.92. The quantitative estimate of drug-likeness (QED) is 0.761. The average molecular weight is 337 g/mol. The van der Waals surface area contributed by atoms with Crippen molar-refractivity contribution in [3.63, 3.8) is 0 Å². The molecule has 0 N–H and O–H groups in total. The van der Waals surface area contributed by atoms with E-state index in [9.17, 15) is 0 Å². The third kappa shape index (κ3) is 1.94. The maximum atomic E-state index is 6.01. The van der Waals surface area contributed by atoms with Crippen LogP contribution in [0.15, 0.2) is 46.6 Å². The first-order valence-corrected chi connectivity index (χ1v) is 7.92. The van der Waals surface area contributed by atoms with Crippen molar-refractivity contribution in [3.8, 4) is 5.75 Å². The lowest BCUT2D eigenvalue weighted by molar-refractivity contribution is -0.151. The molecule has 0 fully saturated rings. The molecule has 1 aromatic heterocycles. The number of ether oxygens (including phenoxy) is 3. The van der Waals surface area contributed by atoms with Crippen LogP contribution in [0.2, 0.25) is 0 Å². The van der Waals surface area contributed by atoms with Crippen LogP contribution in [-0.4, -0.2) is 25.8 Å². The number of aromatic nitrogens is 1. The van der Waals surface area contributed by atoms with Gasteiger partial charge in [0.1, 0.15) is 12.3 Å². The predicted octanol–water partition coefficient (Wildman–Crippen LogP) is 1.44. The summed E-state index contributed by atoms with van der Waals surface area (Å²) in [6.07, 6.45) is 9.71. The van der Waals surface area contributed by atoms with E-state index in [0.717, 1.165) is 56.5 Å². The Morgan fingerprint density at radius 2 is 1.96 bits per heavy atom. The van der Waals surface area contributed by atoms with E-state index in [1.54, 1.807) is 26.7 Å². The Hall–Kier alpha value is -3.15. The molecule has 0 atom stereocenters. The topological polar surface area (TPSA) is 59.0 Å². The van der Waals surface area contributed by atoms with Crippen LogP contribution in [0.1, 0.15) is 12.1 Å². The standard InChI is InChI=1S/C19H15NO5/c1-21-16-5-10-3-13-11(4-14(10)18(16)22-2)7-23-19-15-9-25-24-8-12(15)6-20-17(13)19/h3,5-6,8-9H,4,7H2,1-2H3. The van der Waals surface area contributed by atoms with Gasteiger partial charge in [0.25, 0.3) is 0 Å². The molecule has 0 aromatic carbocycles. The zero-order valence-electron chi connectivity index (χ0n) is 13.8. The Balaban J connectivity index is 1.69. The van der Waals surface area contributed by atoms with Gasteiger partial charge >= 0.3 is 0 Å². The van der Waals surface area contributed by atoms with Crippen LogP contribution >= 0.6 is 0 Å². The summed E-state index contributed by atoms with van der Waals surface area (Å²) in [5, 5.41) is 1.68. The number of fused-ring (bicyclic) bond motifs is 5. The number of hydrogen-bond acceptors (Lipinski definition) is 6. The monoisotopic (exact) mass is 337 g/mol. The van der Waals surface area contributed by atoms with Crippen LogP contribution in [0.25, 0.3) is 18.1 Å². The van der Waals surface area contributed by atoms with E-state index in [1.165, 1.54) is 11.8 Å². The minimum atomic E-state index is 0.502. The lowest BCUT2D eigenvalue weighted by atomic mass is 9.86. The highest BCUT2D eigenvalue weighted by Crippen LogP contribution is 2.44. The number of pyridine rings is 1. The molecule has 4 aliphatic rings. The summed E-state index contributed by atoms with van der Waals surface area (Å²) in [6, 6.07) is 0. The maximum absolute atomic E-state index is 6.01. The van der Waals surface area contributed by atoms with Gasteiger partial charge in [0, 0.05) is 29.0 Å². The smallest absolute Gasteiger partial charge is 0.164 e. The SMILES string of the molecule is COC1=CC2=CC3=C(COc4c3ncc3c4=COOC=3)CC2=C1OC. The van der Waals surface area contributed by atoms with Crippen LogP contribution < -0.4 is 15.2 Å². The molecule has 2 aliphatic carbocycles. The van der Waals surface area contributed by atoms with Crippen molar-refractivity contribution >= 4 is 18.1 Å². The fourth-order valence-corrected chi connectivity index (χ4v) is 3.58. The summed E-state index contributed by atoms with van der Waals surface area (Å²) < 4.78 is 17.0. The van der Waals surface area contributed by atoms with Gasteiger partial charge in [-0.05, 0) is 23.3 Å². The van der Waals surface area contributed by atoms with Crippen molar-refractivity contribution in [2.24, 2.45) is 0 Å². The van der Waals surface area contributed by atoms with Gasteiger partial charge < -0.3 is 14.2 Å². The molecule has 0 amide bonds. The van der Waals surface area contributed by atoms with Crippen molar-refractivity contribution in [3.05, 3.63) is 62.7 Å². The van der Waals surface area contributed by atoms with Crippen LogP contribution in [0.5, 0.6) is 5.75 Å². The molecule has 0 spiro atoms. The Kier molecular flexibility index (Phi) is 2.94. The lowest BCUT2D eigenvalue weighted by Crippen LogP contribution is -2.33. The summed E-state index contributed by atoms with van der Waals surface area (Å²) in [4.78, 5) is 14.4. The highest BCUT2D eigenvalue weighted by molar-refractivity contribution is 5.85. The van der Waals surface area contributed by atoms with Gasteiger partial charge in [-0.15, -0.1) is 0 Å². The van der Waals surface area contributed by atoms with Gasteiger partial charge in [-0.3, -0.25) is 14.8 Å². The van der Waals surface area contributed by atoms with E-state index < -0.39 is 0 Å². The summed E-state index contributed by atoms with van der Waals surface area (Å²) in [5.74, 6) is 2.26. The number of rotatable bonds is 2. The minimum absolute atomic E-state index is 0.502. The molecule has 6 nitrogen and oxygen atoms in total. The molecule has 2 aliphatic heterocycles. The number of nitrogens with zero attached hydrogens (tertiary/aromatic N) is 1. The van der Waals surface area contributed by atoms with Crippen molar-refractivity contribution < 1.29 is 24.0 Å². The second-order valence-corrected chi connectivity index (χ2v) is 6.04. The highest BCUT2D eigenvalue weighted by Gasteiger charge is 2.32. The molecule has 25 heavy (non-hydrogen) atoms. The number of hydrogen-bond donors (Lipinski definition) is 0. The molecule has 3 heterocycles. The van der Waals surface area contributed by atoms with Crippen molar-refractivity contribution in [1.82, 2.24) is 4.98 Å². The molecular formula is C19H15NO5. The molecule has 0 radical (unpaired) electrons.